The molecule has 8 nitrogen and oxygen atoms in total. The summed E-state index contributed by atoms with van der Waals surface area (Å²) < 4.78 is 6.16. The van der Waals surface area contributed by atoms with Crippen LogP contribution in [-0.2, 0) is 10.2 Å². The Morgan fingerprint density at radius 1 is 1.11 bits per heavy atom. The second kappa shape index (κ2) is 10.1. The Balaban J connectivity index is 1.30. The molecule has 1 amide bonds. The van der Waals surface area contributed by atoms with Gasteiger partial charge in [0, 0.05) is 23.6 Å². The minimum absolute atomic E-state index is 0.0114. The van der Waals surface area contributed by atoms with E-state index in [0.29, 0.717) is 43.6 Å². The summed E-state index contributed by atoms with van der Waals surface area (Å²) in [4.78, 5) is 20.6. The Bertz CT molecular complexity index is 1250. The fourth-order valence-corrected chi connectivity index (χ4v) is 5.09. The summed E-state index contributed by atoms with van der Waals surface area (Å²) >= 11 is 6.10. The largest absolute Gasteiger partial charge is 0.487 e. The highest BCUT2D eigenvalue weighted by Crippen LogP contribution is 2.28. The second-order valence-electron chi connectivity index (χ2n) is 10.7. The molecule has 0 bridgehead atoms. The number of benzene rings is 2. The van der Waals surface area contributed by atoms with Gasteiger partial charge in [0.1, 0.15) is 11.9 Å². The molecule has 3 aliphatic heterocycles. The number of carbonyl (C=O) groups excluding carboxylic acids is 1. The summed E-state index contributed by atoms with van der Waals surface area (Å²) in [6, 6.07) is 15.5. The summed E-state index contributed by atoms with van der Waals surface area (Å²) in [5, 5.41) is 16.7. The lowest BCUT2D eigenvalue weighted by Gasteiger charge is -2.42. The lowest BCUT2D eigenvalue weighted by atomic mass is 9.87. The monoisotopic (exact) mass is 518 g/mol. The molecule has 0 radical (unpaired) electrons. The summed E-state index contributed by atoms with van der Waals surface area (Å²) in [7, 11) is 0. The number of hydrogen-bond donors (Lipinski definition) is 0. The van der Waals surface area contributed by atoms with E-state index in [9.17, 15) is 10.1 Å². The lowest BCUT2D eigenvalue weighted by molar-refractivity contribution is -0.128. The van der Waals surface area contributed by atoms with Gasteiger partial charge in [0.2, 0.25) is 18.1 Å². The van der Waals surface area contributed by atoms with Crippen molar-refractivity contribution < 1.29 is 9.53 Å². The Hall–Kier alpha value is -3.57. The number of rotatable bonds is 4. The van der Waals surface area contributed by atoms with Crippen LogP contribution in [0.15, 0.2) is 58.6 Å². The summed E-state index contributed by atoms with van der Waals surface area (Å²) in [5.41, 5.74) is 3.03. The van der Waals surface area contributed by atoms with Crippen molar-refractivity contribution in [1.29, 1.82) is 5.26 Å². The number of nitrogens with zero attached hydrogens (tertiary/aromatic N) is 6. The Labute approximate surface area is 222 Å². The fraction of sp³-hybridized carbons (Fsp3) is 0.429. The zero-order valence-corrected chi connectivity index (χ0v) is 22.1. The van der Waals surface area contributed by atoms with Crippen molar-refractivity contribution in [3.63, 3.8) is 0 Å². The van der Waals surface area contributed by atoms with Crippen LogP contribution in [0.1, 0.15) is 44.7 Å². The number of likely N-dealkylation sites (tertiary alicyclic amines) is 2. The zero-order chi connectivity index (χ0) is 26.2. The summed E-state index contributed by atoms with van der Waals surface area (Å²) in [5.74, 6) is 1.43. The van der Waals surface area contributed by atoms with Gasteiger partial charge < -0.3 is 14.5 Å². The molecule has 37 heavy (non-hydrogen) atoms. The van der Waals surface area contributed by atoms with Crippen LogP contribution < -0.4 is 4.74 Å². The van der Waals surface area contributed by atoms with Crippen LogP contribution in [0.25, 0.3) is 0 Å². The van der Waals surface area contributed by atoms with Gasteiger partial charge in [-0.25, -0.2) is 5.01 Å². The molecule has 3 aliphatic rings. The van der Waals surface area contributed by atoms with E-state index in [1.165, 1.54) is 5.56 Å². The smallest absolute Gasteiger partial charge is 0.233 e. The molecule has 2 saturated heterocycles. The van der Waals surface area contributed by atoms with E-state index < -0.39 is 0 Å². The molecular formula is C28H31ClN6O2. The highest BCUT2D eigenvalue weighted by molar-refractivity contribution is 6.30. The molecule has 3 heterocycles. The number of hydrogen-bond acceptors (Lipinski definition) is 5. The van der Waals surface area contributed by atoms with Crippen molar-refractivity contribution in [3.05, 3.63) is 64.7 Å². The van der Waals surface area contributed by atoms with Crippen LogP contribution >= 0.6 is 11.6 Å². The van der Waals surface area contributed by atoms with E-state index in [1.54, 1.807) is 5.01 Å². The van der Waals surface area contributed by atoms with Crippen molar-refractivity contribution >= 4 is 29.2 Å². The summed E-state index contributed by atoms with van der Waals surface area (Å²) in [6.07, 6.45) is 3.30. The van der Waals surface area contributed by atoms with Gasteiger partial charge in [-0.15, -0.1) is 4.99 Å². The van der Waals surface area contributed by atoms with Gasteiger partial charge in [0.05, 0.1) is 31.4 Å². The van der Waals surface area contributed by atoms with Gasteiger partial charge in [-0.2, -0.15) is 10.4 Å². The maximum Gasteiger partial charge on any atom is 0.233 e. The molecule has 9 heteroatoms. The van der Waals surface area contributed by atoms with E-state index >= 15 is 0 Å². The number of nitriles is 1. The molecule has 0 aromatic heterocycles. The molecule has 0 N–H and O–H groups in total. The molecular weight excluding hydrogens is 488 g/mol. The molecule has 0 aliphatic carbocycles. The average molecular weight is 519 g/mol. The van der Waals surface area contributed by atoms with Crippen molar-refractivity contribution in [2.75, 3.05) is 26.2 Å². The predicted molar refractivity (Wildman–Crippen MR) is 144 cm³/mol. The third-order valence-electron chi connectivity index (χ3n) is 7.05. The molecule has 5 rings (SSSR count). The van der Waals surface area contributed by atoms with Crippen molar-refractivity contribution in [2.24, 2.45) is 10.1 Å². The molecule has 1 unspecified atom stereocenters. The van der Waals surface area contributed by atoms with Crippen LogP contribution in [0.5, 0.6) is 5.75 Å². The Morgan fingerprint density at radius 2 is 1.81 bits per heavy atom. The molecule has 0 saturated carbocycles. The van der Waals surface area contributed by atoms with Crippen LogP contribution in [0, 0.1) is 11.5 Å². The zero-order valence-electron chi connectivity index (χ0n) is 21.4. The number of hydrazone groups is 1. The first kappa shape index (κ1) is 25.1. The van der Waals surface area contributed by atoms with E-state index in [4.69, 9.17) is 21.4 Å². The van der Waals surface area contributed by atoms with Crippen molar-refractivity contribution in [1.82, 2.24) is 14.8 Å². The average Bonchev–Trinajstić information content (AvgIpc) is 3.46. The van der Waals surface area contributed by atoms with Crippen LogP contribution in [0.4, 0.5) is 0 Å². The Morgan fingerprint density at radius 3 is 2.41 bits per heavy atom. The number of halogens is 1. The molecule has 1 atom stereocenters. The molecule has 2 aromatic carbocycles. The predicted octanol–water partition coefficient (Wildman–Crippen LogP) is 4.25. The summed E-state index contributed by atoms with van der Waals surface area (Å²) in [6.45, 7) is 8.89. The standard InChI is InChI=1S/C28H31ClN6O2/c1-28(2,3)20-8-12-22(13-9-20)37-23-15-33(16-23)27(31-18-30)35-17-24(34-14-4-5-25(34)36)26(32-35)19-6-10-21(29)11-7-19/h6-13,23-24H,4-5,14-17H2,1-3H3. The molecule has 2 aromatic rings. The van der Waals surface area contributed by atoms with Gasteiger partial charge in [0.25, 0.3) is 0 Å². The third-order valence-corrected chi connectivity index (χ3v) is 7.30. The normalized spacial score (nSPS) is 20.7. The maximum atomic E-state index is 12.6. The highest BCUT2D eigenvalue weighted by Gasteiger charge is 2.41. The number of aliphatic imine (C=N–C) groups is 1. The van der Waals surface area contributed by atoms with Gasteiger partial charge >= 0.3 is 0 Å². The van der Waals surface area contributed by atoms with Crippen molar-refractivity contribution in [2.45, 2.75) is 51.2 Å². The van der Waals surface area contributed by atoms with Gasteiger partial charge in [-0.3, -0.25) is 4.79 Å². The molecule has 0 spiro atoms. The van der Waals surface area contributed by atoms with Crippen molar-refractivity contribution in [3.8, 4) is 11.9 Å². The first-order valence-corrected chi connectivity index (χ1v) is 13.0. The topological polar surface area (TPSA) is 84.5 Å². The van der Waals surface area contributed by atoms with E-state index in [-0.39, 0.29) is 23.5 Å². The van der Waals surface area contributed by atoms with Crippen LogP contribution in [0.2, 0.25) is 5.02 Å². The second-order valence-corrected chi connectivity index (χ2v) is 11.1. The Kier molecular flexibility index (Phi) is 6.82. The van der Waals surface area contributed by atoms with E-state index in [1.807, 2.05) is 52.4 Å². The fourth-order valence-electron chi connectivity index (χ4n) is 4.97. The van der Waals surface area contributed by atoms with E-state index in [2.05, 4.69) is 37.9 Å². The van der Waals surface area contributed by atoms with Gasteiger partial charge in [-0.1, -0.05) is 56.6 Å². The number of ether oxygens (including phenoxy) is 1. The molecule has 192 valence electrons. The number of guanidine groups is 1. The SMILES string of the molecule is CC(C)(C)c1ccc(OC2CN(C(=NC#N)N3CC(N4CCCC4=O)C(c4ccc(Cl)cc4)=N3)C2)cc1. The number of amides is 1. The minimum Gasteiger partial charge on any atom is -0.487 e. The first-order valence-electron chi connectivity index (χ1n) is 12.6. The highest BCUT2D eigenvalue weighted by atomic mass is 35.5. The first-order chi connectivity index (χ1) is 17.7. The van der Waals surface area contributed by atoms with Gasteiger partial charge in [-0.05, 0) is 41.7 Å². The van der Waals surface area contributed by atoms with Crippen LogP contribution in [-0.4, -0.2) is 70.7 Å². The molecule has 2 fully saturated rings. The number of carbonyl (C=O) groups is 1. The maximum absolute atomic E-state index is 12.6. The van der Waals surface area contributed by atoms with E-state index in [0.717, 1.165) is 23.4 Å². The van der Waals surface area contributed by atoms with Crippen LogP contribution in [0.3, 0.4) is 0 Å². The quantitative estimate of drug-likeness (QED) is 0.343. The third kappa shape index (κ3) is 5.28. The lowest BCUT2D eigenvalue weighted by Crippen LogP contribution is -2.59. The van der Waals surface area contributed by atoms with Gasteiger partial charge in [0.15, 0.2) is 0 Å². The minimum atomic E-state index is -0.213.